The van der Waals surface area contributed by atoms with Gasteiger partial charge in [0.05, 0.1) is 24.4 Å². The summed E-state index contributed by atoms with van der Waals surface area (Å²) in [5, 5.41) is 85.8. The summed E-state index contributed by atoms with van der Waals surface area (Å²) in [5.41, 5.74) is -0.641. The van der Waals surface area contributed by atoms with Gasteiger partial charge in [-0.05, 0) is 99.4 Å². The van der Waals surface area contributed by atoms with Gasteiger partial charge in [-0.3, -0.25) is 0 Å². The Kier molecular flexibility index (Phi) is 9.80. The first-order chi connectivity index (χ1) is 23.3. The van der Waals surface area contributed by atoms with Crippen molar-refractivity contribution in [2.45, 2.75) is 145 Å². The second-order valence-corrected chi connectivity index (χ2v) is 16.2. The second-order valence-electron chi connectivity index (χ2n) is 16.2. The highest BCUT2D eigenvalue weighted by molar-refractivity contribution is 5.85. The summed E-state index contributed by atoms with van der Waals surface area (Å²) < 4.78 is 28.7. The molecule has 4 aliphatic carbocycles. The maximum absolute atomic E-state index is 12.5. The van der Waals surface area contributed by atoms with E-state index in [-0.39, 0.29) is 53.2 Å². The van der Waals surface area contributed by atoms with Crippen LogP contribution in [-0.4, -0.2) is 140 Å². The van der Waals surface area contributed by atoms with E-state index < -0.39 is 73.6 Å². The Balaban J connectivity index is 0.995. The standard InChI is InChI=1S/C35H54O14/c1-16-30(49-32-28(42)26(40)25(39)23(13-36)48-32)27(41)29(43)31(46-16)47-19-5-9-34(15-37)18(12-19)3-4-22-21(34)6-8-33(2)20(7-10-35(22,33)44)17-11-24(38)45-14-17/h11,16,18-23,25-32,36-37,39-44H,3-10,12-15H2,1-2H3/t16-,18+,19+,20+,21+,22-,23+,25+,26-,27-,28+,29+,30-,31+,32-,33-,34-,35+/m1/s1. The van der Waals surface area contributed by atoms with Crippen molar-refractivity contribution in [1.29, 1.82) is 0 Å². The number of aliphatic hydroxyl groups excluding tert-OH is 7. The first-order valence-corrected chi connectivity index (χ1v) is 18.1. The molecule has 3 heterocycles. The Bertz CT molecular complexity index is 1260. The topological polar surface area (TPSA) is 225 Å². The smallest absolute Gasteiger partial charge is 0.331 e. The van der Waals surface area contributed by atoms with Gasteiger partial charge in [0.1, 0.15) is 49.3 Å². The van der Waals surface area contributed by atoms with Gasteiger partial charge in [0.15, 0.2) is 12.6 Å². The van der Waals surface area contributed by atoms with Crippen molar-refractivity contribution in [2.24, 2.45) is 34.5 Å². The fourth-order valence-corrected chi connectivity index (χ4v) is 11.4. The summed E-state index contributed by atoms with van der Waals surface area (Å²) in [7, 11) is 0. The lowest BCUT2D eigenvalue weighted by molar-refractivity contribution is -0.360. The third kappa shape index (κ3) is 5.64. The third-order valence-electron chi connectivity index (χ3n) is 14.2. The van der Waals surface area contributed by atoms with Crippen molar-refractivity contribution >= 4 is 5.97 Å². The van der Waals surface area contributed by atoms with Gasteiger partial charge in [0.2, 0.25) is 0 Å². The Morgan fingerprint density at radius 3 is 2.27 bits per heavy atom. The number of ether oxygens (including phenoxy) is 5. The molecule has 7 aliphatic rings. The average Bonchev–Trinajstić information content (AvgIpc) is 3.64. The van der Waals surface area contributed by atoms with Crippen molar-refractivity contribution in [3.8, 4) is 0 Å². The predicted octanol–water partition coefficient (Wildman–Crippen LogP) is -0.747. The van der Waals surface area contributed by atoms with E-state index in [4.69, 9.17) is 23.7 Å². The van der Waals surface area contributed by atoms with E-state index in [1.54, 1.807) is 13.0 Å². The number of carbonyl (C=O) groups is 1. The molecule has 7 rings (SSSR count). The Labute approximate surface area is 285 Å². The zero-order valence-electron chi connectivity index (χ0n) is 28.3. The predicted molar refractivity (Wildman–Crippen MR) is 167 cm³/mol. The van der Waals surface area contributed by atoms with Crippen LogP contribution in [0.3, 0.4) is 0 Å². The molecule has 0 aromatic rings. The van der Waals surface area contributed by atoms with E-state index in [9.17, 15) is 45.6 Å². The molecule has 0 amide bonds. The fourth-order valence-electron chi connectivity index (χ4n) is 11.4. The molecule has 278 valence electrons. The number of cyclic esters (lactones) is 1. The van der Waals surface area contributed by atoms with Crippen LogP contribution >= 0.6 is 0 Å². The lowest BCUT2D eigenvalue weighted by Gasteiger charge is -2.64. The van der Waals surface area contributed by atoms with Crippen LogP contribution < -0.4 is 0 Å². The van der Waals surface area contributed by atoms with Crippen molar-refractivity contribution < 1.29 is 69.3 Å². The van der Waals surface area contributed by atoms with E-state index in [1.165, 1.54) is 0 Å². The minimum Gasteiger partial charge on any atom is -0.458 e. The number of aliphatic hydroxyl groups is 8. The molecule has 18 atom stereocenters. The number of rotatable bonds is 7. The molecule has 0 aromatic carbocycles. The van der Waals surface area contributed by atoms with Gasteiger partial charge in [-0.15, -0.1) is 0 Å². The maximum atomic E-state index is 12.5. The molecular weight excluding hydrogens is 644 g/mol. The second kappa shape index (κ2) is 13.3. The highest BCUT2D eigenvalue weighted by atomic mass is 16.7. The molecule has 0 aromatic heterocycles. The summed E-state index contributed by atoms with van der Waals surface area (Å²) in [4.78, 5) is 11.9. The molecule has 8 N–H and O–H groups in total. The summed E-state index contributed by atoms with van der Waals surface area (Å²) in [6, 6.07) is 0. The Morgan fingerprint density at radius 2 is 1.57 bits per heavy atom. The molecule has 4 saturated carbocycles. The minimum atomic E-state index is -1.67. The van der Waals surface area contributed by atoms with Gasteiger partial charge < -0.3 is 64.5 Å². The van der Waals surface area contributed by atoms with Gasteiger partial charge in [0.25, 0.3) is 0 Å². The lowest BCUT2D eigenvalue weighted by Crippen LogP contribution is -2.64. The van der Waals surface area contributed by atoms with E-state index in [0.717, 1.165) is 37.7 Å². The van der Waals surface area contributed by atoms with E-state index in [2.05, 4.69) is 6.92 Å². The molecule has 3 aliphatic heterocycles. The molecule has 14 heteroatoms. The molecule has 0 spiro atoms. The lowest BCUT2D eigenvalue weighted by atomic mass is 9.43. The van der Waals surface area contributed by atoms with Crippen LogP contribution in [0.2, 0.25) is 0 Å². The van der Waals surface area contributed by atoms with Gasteiger partial charge in [0, 0.05) is 18.1 Å². The number of fused-ring (bicyclic) bond motifs is 5. The van der Waals surface area contributed by atoms with E-state index in [0.29, 0.717) is 32.3 Å². The number of hydrogen-bond donors (Lipinski definition) is 8. The van der Waals surface area contributed by atoms with Crippen molar-refractivity contribution in [1.82, 2.24) is 0 Å². The minimum absolute atomic E-state index is 0.0184. The third-order valence-corrected chi connectivity index (χ3v) is 14.2. The Hall–Kier alpha value is -1.27. The highest BCUT2D eigenvalue weighted by Gasteiger charge is 2.68. The molecule has 14 nitrogen and oxygen atoms in total. The molecule has 2 saturated heterocycles. The SMILES string of the molecule is C[C@H]1O[C@@H](O[C@H]2CC[C@@]3(CO)[C@@H](CC[C@@H]4[C@@H]3CC[C@]3(C)[C@H](C5=CC(=O)OC5)CC[C@]43O)C2)[C@@H](O)[C@@H](O)[C@@H]1O[C@H]1O[C@@H](CO)[C@H](O)[C@@H](O)[C@@H]1O. The normalized spacial score (nSPS) is 54.4. The average molecular weight is 699 g/mol. The molecule has 0 radical (unpaired) electrons. The van der Waals surface area contributed by atoms with Crippen molar-refractivity contribution in [3.63, 3.8) is 0 Å². The van der Waals surface area contributed by atoms with Gasteiger partial charge >= 0.3 is 5.97 Å². The number of carbonyl (C=O) groups excluding carboxylic acids is 1. The quantitative estimate of drug-likeness (QED) is 0.121. The summed E-state index contributed by atoms with van der Waals surface area (Å²) in [6.07, 6.45) is -5.76. The molecule has 6 fully saturated rings. The van der Waals surface area contributed by atoms with Crippen LogP contribution in [0, 0.1) is 34.5 Å². The summed E-state index contributed by atoms with van der Waals surface area (Å²) in [6.45, 7) is 3.47. The number of hydrogen-bond acceptors (Lipinski definition) is 14. The molecule has 49 heavy (non-hydrogen) atoms. The van der Waals surface area contributed by atoms with Crippen LogP contribution in [0.15, 0.2) is 11.6 Å². The molecule has 0 unspecified atom stereocenters. The van der Waals surface area contributed by atoms with Crippen molar-refractivity contribution in [3.05, 3.63) is 11.6 Å². The largest absolute Gasteiger partial charge is 0.458 e. The van der Waals surface area contributed by atoms with Crippen LogP contribution in [0.5, 0.6) is 0 Å². The Morgan fingerprint density at radius 1 is 0.837 bits per heavy atom. The van der Waals surface area contributed by atoms with Crippen LogP contribution in [0.4, 0.5) is 0 Å². The monoisotopic (exact) mass is 698 g/mol. The van der Waals surface area contributed by atoms with Crippen molar-refractivity contribution in [2.75, 3.05) is 19.8 Å². The van der Waals surface area contributed by atoms with Crippen LogP contribution in [-0.2, 0) is 28.5 Å². The van der Waals surface area contributed by atoms with Gasteiger partial charge in [-0.1, -0.05) is 6.92 Å². The fraction of sp³-hybridized carbons (Fsp3) is 0.914. The molecular formula is C35H54O14. The maximum Gasteiger partial charge on any atom is 0.331 e. The van der Waals surface area contributed by atoms with E-state index >= 15 is 0 Å². The van der Waals surface area contributed by atoms with Crippen LogP contribution in [0.25, 0.3) is 0 Å². The highest BCUT2D eigenvalue weighted by Crippen LogP contribution is 2.70. The zero-order chi connectivity index (χ0) is 35.0. The van der Waals surface area contributed by atoms with Crippen LogP contribution in [0.1, 0.15) is 71.6 Å². The van der Waals surface area contributed by atoms with Gasteiger partial charge in [-0.25, -0.2) is 4.79 Å². The van der Waals surface area contributed by atoms with E-state index in [1.807, 2.05) is 0 Å². The first kappa shape index (κ1) is 36.1. The zero-order valence-corrected chi connectivity index (χ0v) is 28.3. The summed E-state index contributed by atoms with van der Waals surface area (Å²) in [5.74, 6) is 0.104. The van der Waals surface area contributed by atoms with Gasteiger partial charge in [-0.2, -0.15) is 0 Å². The molecule has 0 bridgehead atoms. The summed E-state index contributed by atoms with van der Waals surface area (Å²) >= 11 is 0. The first-order valence-electron chi connectivity index (χ1n) is 18.1. The number of esters is 1.